The number of phenols is 1. The van der Waals surface area contributed by atoms with Gasteiger partial charge in [0.15, 0.2) is 5.78 Å². The van der Waals surface area contributed by atoms with E-state index in [9.17, 15) is 19.5 Å². The maximum absolute atomic E-state index is 13.5. The normalized spacial score (nSPS) is 21.1. The summed E-state index contributed by atoms with van der Waals surface area (Å²) in [4.78, 5) is 40.4. The van der Waals surface area contributed by atoms with Gasteiger partial charge in [0.2, 0.25) is 5.91 Å². The highest BCUT2D eigenvalue weighted by molar-refractivity contribution is 5.99. The van der Waals surface area contributed by atoms with E-state index in [1.807, 2.05) is 12.1 Å². The second-order valence-electron chi connectivity index (χ2n) is 9.80. The molecule has 2 aliphatic heterocycles. The Balaban J connectivity index is 1.56. The van der Waals surface area contributed by atoms with Gasteiger partial charge in [0.05, 0.1) is 6.10 Å². The number of Topliss-reactive ketones (excluding diaryl/α,β-unsaturated/α-hetero) is 1. The van der Waals surface area contributed by atoms with Crippen molar-refractivity contribution in [2.24, 2.45) is 0 Å². The summed E-state index contributed by atoms with van der Waals surface area (Å²) in [5.41, 5.74) is 2.33. The van der Waals surface area contributed by atoms with Crippen LogP contribution in [-0.2, 0) is 26.2 Å². The molecule has 2 aromatic carbocycles. The molecule has 2 N–H and O–H groups in total. The summed E-state index contributed by atoms with van der Waals surface area (Å²) in [6.45, 7) is 6.75. The molecule has 2 aromatic rings. The van der Waals surface area contributed by atoms with Crippen LogP contribution in [0.15, 0.2) is 48.5 Å². The van der Waals surface area contributed by atoms with Gasteiger partial charge in [-0.1, -0.05) is 45.0 Å². The topological polar surface area (TPSA) is 95.9 Å². The number of nitrogens with one attached hydrogen (secondary N) is 1. The predicted molar refractivity (Wildman–Crippen MR) is 123 cm³/mol. The lowest BCUT2D eigenvalue weighted by atomic mass is 9.86. The number of hydrogen-bond donors (Lipinski definition) is 2. The molecule has 0 spiro atoms. The zero-order valence-electron chi connectivity index (χ0n) is 19.2. The first-order chi connectivity index (χ1) is 15.6. The molecule has 0 bridgehead atoms. The van der Waals surface area contributed by atoms with Gasteiger partial charge in [-0.25, -0.2) is 0 Å². The van der Waals surface area contributed by atoms with E-state index in [0.717, 1.165) is 11.1 Å². The highest BCUT2D eigenvalue weighted by Crippen LogP contribution is 2.28. The van der Waals surface area contributed by atoms with Crippen LogP contribution in [0.4, 0.5) is 0 Å². The standard InChI is InChI=1S/C26H30N2O5/c1-26(2,3)18-8-6-17(7-9-18)24(31)27-20(14-16-4-10-19(29)11-5-16)25(32)28-13-12-22-23(28)21(30)15-33-22/h4-11,20,22-23,29H,12-15H2,1-3H3,(H,27,31)/t20-,22?,23?/m0/s1. The van der Waals surface area contributed by atoms with Gasteiger partial charge in [-0.15, -0.1) is 0 Å². The summed E-state index contributed by atoms with van der Waals surface area (Å²) >= 11 is 0. The van der Waals surface area contributed by atoms with Crippen molar-refractivity contribution in [2.45, 2.75) is 57.2 Å². The summed E-state index contributed by atoms with van der Waals surface area (Å²) in [5, 5.41) is 12.5. The van der Waals surface area contributed by atoms with E-state index in [1.54, 1.807) is 41.3 Å². The summed E-state index contributed by atoms with van der Waals surface area (Å²) < 4.78 is 5.51. The number of nitrogens with zero attached hydrogens (tertiary/aromatic N) is 1. The molecule has 0 saturated carbocycles. The average molecular weight is 451 g/mol. The van der Waals surface area contributed by atoms with Crippen molar-refractivity contribution in [3.05, 3.63) is 65.2 Å². The third kappa shape index (κ3) is 4.93. The van der Waals surface area contributed by atoms with Crippen molar-refractivity contribution < 1.29 is 24.2 Å². The third-order valence-electron chi connectivity index (χ3n) is 6.39. The Morgan fingerprint density at radius 2 is 1.79 bits per heavy atom. The van der Waals surface area contributed by atoms with Gasteiger partial charge >= 0.3 is 0 Å². The van der Waals surface area contributed by atoms with E-state index < -0.39 is 12.1 Å². The molecule has 174 valence electrons. The van der Waals surface area contributed by atoms with E-state index >= 15 is 0 Å². The highest BCUT2D eigenvalue weighted by atomic mass is 16.5. The number of carbonyl (C=O) groups excluding carboxylic acids is 3. The van der Waals surface area contributed by atoms with Crippen LogP contribution in [-0.4, -0.2) is 58.9 Å². The predicted octanol–water partition coefficient (Wildman–Crippen LogP) is 2.60. The van der Waals surface area contributed by atoms with E-state index in [0.29, 0.717) is 18.5 Å². The van der Waals surface area contributed by atoms with Crippen molar-refractivity contribution in [3.63, 3.8) is 0 Å². The molecule has 2 saturated heterocycles. The lowest BCUT2D eigenvalue weighted by Crippen LogP contribution is -2.53. The fraction of sp³-hybridized carbons (Fsp3) is 0.423. The Kier molecular flexibility index (Phi) is 6.26. The quantitative estimate of drug-likeness (QED) is 0.730. The van der Waals surface area contributed by atoms with Crippen LogP contribution in [0.1, 0.15) is 48.7 Å². The number of fused-ring (bicyclic) bond motifs is 1. The Hall–Kier alpha value is -3.19. The van der Waals surface area contributed by atoms with Crippen LogP contribution in [0.2, 0.25) is 0 Å². The van der Waals surface area contributed by atoms with Gasteiger partial charge < -0.3 is 20.1 Å². The van der Waals surface area contributed by atoms with Gasteiger partial charge in [-0.2, -0.15) is 0 Å². The van der Waals surface area contributed by atoms with E-state index in [2.05, 4.69) is 26.1 Å². The number of ether oxygens (including phenoxy) is 1. The summed E-state index contributed by atoms with van der Waals surface area (Å²) in [7, 11) is 0. The molecule has 2 aliphatic rings. The van der Waals surface area contributed by atoms with Crippen LogP contribution in [0.5, 0.6) is 5.75 Å². The number of amides is 2. The van der Waals surface area contributed by atoms with Crippen molar-refractivity contribution in [1.29, 1.82) is 0 Å². The lowest BCUT2D eigenvalue weighted by molar-refractivity contribution is -0.138. The average Bonchev–Trinajstić information content (AvgIpc) is 3.37. The fourth-order valence-corrected chi connectivity index (χ4v) is 4.47. The molecule has 7 heteroatoms. The zero-order chi connectivity index (χ0) is 23.8. The van der Waals surface area contributed by atoms with Gasteiger partial charge in [0.25, 0.3) is 5.91 Å². The molecule has 2 heterocycles. The minimum atomic E-state index is -0.850. The van der Waals surface area contributed by atoms with Gasteiger partial charge in [0, 0.05) is 18.5 Å². The molecular weight excluding hydrogens is 420 g/mol. The van der Waals surface area contributed by atoms with Gasteiger partial charge in [-0.3, -0.25) is 14.4 Å². The second-order valence-corrected chi connectivity index (χ2v) is 9.80. The Labute approximate surface area is 193 Å². The summed E-state index contributed by atoms with van der Waals surface area (Å²) in [6, 6.07) is 12.5. The molecule has 0 radical (unpaired) electrons. The van der Waals surface area contributed by atoms with Gasteiger partial charge in [0.1, 0.15) is 24.4 Å². The molecular formula is C26H30N2O5. The lowest BCUT2D eigenvalue weighted by Gasteiger charge is -2.28. The number of aromatic hydroxyl groups is 1. The largest absolute Gasteiger partial charge is 0.508 e. The maximum atomic E-state index is 13.5. The van der Waals surface area contributed by atoms with Gasteiger partial charge in [-0.05, 0) is 47.2 Å². The van der Waals surface area contributed by atoms with Crippen LogP contribution < -0.4 is 5.32 Å². The first kappa shape index (κ1) is 23.0. The highest BCUT2D eigenvalue weighted by Gasteiger charge is 2.48. The molecule has 3 atom stereocenters. The van der Waals surface area contributed by atoms with Crippen LogP contribution in [0.3, 0.4) is 0 Å². The first-order valence-electron chi connectivity index (χ1n) is 11.3. The third-order valence-corrected chi connectivity index (χ3v) is 6.39. The minimum Gasteiger partial charge on any atom is -0.508 e. The number of carbonyl (C=O) groups is 3. The molecule has 7 nitrogen and oxygen atoms in total. The van der Waals surface area contributed by atoms with Crippen molar-refractivity contribution in [2.75, 3.05) is 13.2 Å². The first-order valence-corrected chi connectivity index (χ1v) is 11.3. The number of phenolic OH excluding ortho intramolecular Hbond substituents is 1. The molecule has 33 heavy (non-hydrogen) atoms. The number of benzene rings is 2. The van der Waals surface area contributed by atoms with Crippen LogP contribution in [0, 0.1) is 0 Å². The SMILES string of the molecule is CC(C)(C)c1ccc(C(=O)N[C@@H](Cc2ccc(O)cc2)C(=O)N2CCC3OCC(=O)C32)cc1. The summed E-state index contributed by atoms with van der Waals surface area (Å²) in [6.07, 6.45) is 0.584. The molecule has 2 unspecified atom stereocenters. The summed E-state index contributed by atoms with van der Waals surface area (Å²) in [5.74, 6) is -0.620. The van der Waals surface area contributed by atoms with Crippen LogP contribution >= 0.6 is 0 Å². The monoisotopic (exact) mass is 450 g/mol. The van der Waals surface area contributed by atoms with E-state index in [4.69, 9.17) is 4.74 Å². The number of likely N-dealkylation sites (tertiary alicyclic amines) is 1. The Morgan fingerprint density at radius 1 is 1.12 bits per heavy atom. The number of rotatable bonds is 5. The molecule has 4 rings (SSSR count). The van der Waals surface area contributed by atoms with E-state index in [1.165, 1.54) is 0 Å². The zero-order valence-corrected chi connectivity index (χ0v) is 19.2. The molecule has 2 fully saturated rings. The number of ketones is 1. The molecule has 0 aromatic heterocycles. The molecule has 0 aliphatic carbocycles. The second kappa shape index (κ2) is 8.98. The Bertz CT molecular complexity index is 1040. The Morgan fingerprint density at radius 3 is 2.42 bits per heavy atom. The van der Waals surface area contributed by atoms with Crippen molar-refractivity contribution >= 4 is 17.6 Å². The van der Waals surface area contributed by atoms with Crippen LogP contribution in [0.25, 0.3) is 0 Å². The van der Waals surface area contributed by atoms with E-state index in [-0.39, 0.29) is 47.9 Å². The maximum Gasteiger partial charge on any atom is 0.251 e. The minimum absolute atomic E-state index is 0.0221. The number of hydrogen-bond acceptors (Lipinski definition) is 5. The molecule has 2 amide bonds. The smallest absolute Gasteiger partial charge is 0.251 e. The van der Waals surface area contributed by atoms with Crippen molar-refractivity contribution in [3.8, 4) is 5.75 Å². The fourth-order valence-electron chi connectivity index (χ4n) is 4.47. The van der Waals surface area contributed by atoms with Crippen molar-refractivity contribution in [1.82, 2.24) is 10.2 Å².